The van der Waals surface area contributed by atoms with Crippen molar-refractivity contribution in [3.8, 4) is 0 Å². The van der Waals surface area contributed by atoms with Crippen LogP contribution in [0.3, 0.4) is 0 Å². The number of hydrogen-bond donors (Lipinski definition) is 2. The first-order chi connectivity index (χ1) is 9.65. The Kier molecular flexibility index (Phi) is 4.07. The zero-order chi connectivity index (χ0) is 14.1. The number of benzene rings is 1. The first-order valence-electron chi connectivity index (χ1n) is 7.15. The van der Waals surface area contributed by atoms with Crippen LogP contribution in [0, 0.1) is 5.82 Å². The zero-order valence-electron chi connectivity index (χ0n) is 11.3. The first-order valence-corrected chi connectivity index (χ1v) is 7.15. The molecule has 1 aromatic carbocycles. The van der Waals surface area contributed by atoms with Gasteiger partial charge in [-0.1, -0.05) is 6.07 Å². The van der Waals surface area contributed by atoms with Gasteiger partial charge in [-0.15, -0.1) is 0 Å². The minimum Gasteiger partial charge on any atom is -0.423 e. The van der Waals surface area contributed by atoms with E-state index in [2.05, 4.69) is 4.90 Å². The van der Waals surface area contributed by atoms with Gasteiger partial charge >= 0.3 is 7.12 Å². The number of ether oxygens (including phenoxy) is 1. The van der Waals surface area contributed by atoms with E-state index in [4.69, 9.17) is 4.74 Å². The zero-order valence-corrected chi connectivity index (χ0v) is 11.3. The Bertz CT molecular complexity index is 485. The predicted molar refractivity (Wildman–Crippen MR) is 74.0 cm³/mol. The van der Waals surface area contributed by atoms with Gasteiger partial charge in [-0.2, -0.15) is 0 Å². The summed E-state index contributed by atoms with van der Waals surface area (Å²) in [5.74, 6) is -0.447. The van der Waals surface area contributed by atoms with E-state index < -0.39 is 12.9 Å². The third-order valence-corrected chi connectivity index (χ3v) is 4.36. The van der Waals surface area contributed by atoms with Gasteiger partial charge in [-0.25, -0.2) is 4.39 Å². The van der Waals surface area contributed by atoms with E-state index in [1.54, 1.807) is 6.07 Å². The van der Waals surface area contributed by atoms with Crippen LogP contribution in [-0.2, 0) is 11.3 Å². The second kappa shape index (κ2) is 5.81. The van der Waals surface area contributed by atoms with E-state index in [1.165, 1.54) is 18.6 Å². The molecule has 0 spiro atoms. The molecule has 6 heteroatoms. The normalized spacial score (nSPS) is 26.6. The average molecular weight is 279 g/mol. The van der Waals surface area contributed by atoms with Crippen LogP contribution in [0.2, 0.25) is 0 Å². The maximum absolute atomic E-state index is 13.2. The van der Waals surface area contributed by atoms with Crippen LogP contribution >= 0.6 is 0 Å². The van der Waals surface area contributed by atoms with E-state index in [0.717, 1.165) is 24.9 Å². The minimum absolute atomic E-state index is 0.256. The lowest BCUT2D eigenvalue weighted by Gasteiger charge is -2.38. The molecule has 0 amide bonds. The summed E-state index contributed by atoms with van der Waals surface area (Å²) in [7, 11) is -1.64. The summed E-state index contributed by atoms with van der Waals surface area (Å²) in [6, 6.07) is 4.61. The van der Waals surface area contributed by atoms with Crippen molar-refractivity contribution in [2.24, 2.45) is 0 Å². The van der Waals surface area contributed by atoms with E-state index >= 15 is 0 Å². The van der Waals surface area contributed by atoms with Gasteiger partial charge in [0.25, 0.3) is 0 Å². The van der Waals surface area contributed by atoms with Crippen molar-refractivity contribution in [2.75, 3.05) is 13.2 Å². The fourth-order valence-electron chi connectivity index (χ4n) is 3.37. The molecule has 108 valence electrons. The molecular formula is C14H19BFNO3. The van der Waals surface area contributed by atoms with Crippen LogP contribution in [0.5, 0.6) is 0 Å². The molecule has 1 aliphatic carbocycles. The number of rotatable bonds is 3. The van der Waals surface area contributed by atoms with E-state index in [-0.39, 0.29) is 5.46 Å². The first kappa shape index (κ1) is 14.0. The number of halogens is 1. The Morgan fingerprint density at radius 1 is 1.35 bits per heavy atom. The molecule has 0 radical (unpaired) electrons. The summed E-state index contributed by atoms with van der Waals surface area (Å²) in [4.78, 5) is 2.32. The Labute approximate surface area is 118 Å². The monoisotopic (exact) mass is 279 g/mol. The van der Waals surface area contributed by atoms with Crippen LogP contribution in [0.1, 0.15) is 24.8 Å². The summed E-state index contributed by atoms with van der Waals surface area (Å²) in [5, 5.41) is 18.8. The van der Waals surface area contributed by atoms with E-state index in [0.29, 0.717) is 25.3 Å². The number of hydrogen-bond acceptors (Lipinski definition) is 4. The molecule has 3 rings (SSSR count). The van der Waals surface area contributed by atoms with E-state index in [1.807, 2.05) is 0 Å². The van der Waals surface area contributed by atoms with Crippen molar-refractivity contribution in [1.29, 1.82) is 0 Å². The molecule has 1 aliphatic heterocycles. The lowest BCUT2D eigenvalue weighted by atomic mass is 9.76. The van der Waals surface area contributed by atoms with Gasteiger partial charge in [0.2, 0.25) is 0 Å². The topological polar surface area (TPSA) is 52.9 Å². The number of nitrogens with zero attached hydrogens (tertiary/aromatic N) is 1. The fourth-order valence-corrected chi connectivity index (χ4v) is 3.37. The highest BCUT2D eigenvalue weighted by Gasteiger charge is 2.36. The Morgan fingerprint density at radius 2 is 2.20 bits per heavy atom. The maximum Gasteiger partial charge on any atom is 0.488 e. The van der Waals surface area contributed by atoms with Crippen LogP contribution in [0.15, 0.2) is 18.2 Å². The van der Waals surface area contributed by atoms with Crippen molar-refractivity contribution >= 4 is 12.6 Å². The van der Waals surface area contributed by atoms with Crippen LogP contribution in [-0.4, -0.2) is 47.4 Å². The summed E-state index contributed by atoms with van der Waals surface area (Å²) in [6.45, 7) is 2.15. The smallest absolute Gasteiger partial charge is 0.423 e. The third-order valence-electron chi connectivity index (χ3n) is 4.36. The highest BCUT2D eigenvalue weighted by Crippen LogP contribution is 2.30. The quantitative estimate of drug-likeness (QED) is 0.779. The van der Waals surface area contributed by atoms with Crippen molar-refractivity contribution in [3.63, 3.8) is 0 Å². The third kappa shape index (κ3) is 2.74. The molecule has 0 aromatic heterocycles. The Balaban J connectivity index is 1.80. The minimum atomic E-state index is -1.64. The molecule has 2 aliphatic rings. The van der Waals surface area contributed by atoms with Crippen LogP contribution in [0.4, 0.5) is 4.39 Å². The largest absolute Gasteiger partial charge is 0.488 e. The average Bonchev–Trinajstić information content (AvgIpc) is 2.90. The van der Waals surface area contributed by atoms with Gasteiger partial charge in [0.15, 0.2) is 0 Å². The second-order valence-corrected chi connectivity index (χ2v) is 5.59. The SMILES string of the molecule is OB(O)c1cc(F)ccc1CN1CCOC2CCCC21. The van der Waals surface area contributed by atoms with Crippen molar-refractivity contribution in [2.45, 2.75) is 38.0 Å². The molecular weight excluding hydrogens is 260 g/mol. The molecule has 2 atom stereocenters. The van der Waals surface area contributed by atoms with Gasteiger partial charge in [0.1, 0.15) is 5.82 Å². The van der Waals surface area contributed by atoms with Crippen molar-refractivity contribution in [3.05, 3.63) is 29.6 Å². The molecule has 0 bridgehead atoms. The summed E-state index contributed by atoms with van der Waals surface area (Å²) >= 11 is 0. The molecule has 2 fully saturated rings. The highest BCUT2D eigenvalue weighted by atomic mass is 19.1. The Morgan fingerprint density at radius 3 is 3.00 bits per heavy atom. The lowest BCUT2D eigenvalue weighted by Crippen LogP contribution is -2.49. The predicted octanol–water partition coefficient (Wildman–Crippen LogP) is 0.259. The van der Waals surface area contributed by atoms with E-state index in [9.17, 15) is 14.4 Å². The molecule has 1 saturated heterocycles. The molecule has 2 N–H and O–H groups in total. The Hall–Kier alpha value is -0.945. The summed E-state index contributed by atoms with van der Waals surface area (Å²) < 4.78 is 19.0. The van der Waals surface area contributed by atoms with Crippen molar-refractivity contribution < 1.29 is 19.2 Å². The standard InChI is InChI=1S/C14H19BFNO3/c16-11-5-4-10(12(8-11)15(18)19)9-17-6-7-20-14-3-1-2-13(14)17/h4-5,8,13-14,18-19H,1-3,6-7,9H2. The van der Waals surface area contributed by atoms with Crippen LogP contribution < -0.4 is 5.46 Å². The summed E-state index contributed by atoms with van der Waals surface area (Å²) in [6.07, 6.45) is 3.68. The van der Waals surface area contributed by atoms with Gasteiger partial charge in [-0.05, 0) is 42.4 Å². The van der Waals surface area contributed by atoms with Gasteiger partial charge in [0, 0.05) is 19.1 Å². The van der Waals surface area contributed by atoms with Gasteiger partial charge < -0.3 is 14.8 Å². The molecule has 20 heavy (non-hydrogen) atoms. The molecule has 1 heterocycles. The lowest BCUT2D eigenvalue weighted by molar-refractivity contribution is -0.0587. The van der Waals surface area contributed by atoms with Crippen LogP contribution in [0.25, 0.3) is 0 Å². The fraction of sp³-hybridized carbons (Fsp3) is 0.571. The molecule has 1 aromatic rings. The van der Waals surface area contributed by atoms with Gasteiger partial charge in [-0.3, -0.25) is 4.90 Å². The highest BCUT2D eigenvalue weighted by molar-refractivity contribution is 6.59. The number of morpholine rings is 1. The maximum atomic E-state index is 13.2. The van der Waals surface area contributed by atoms with Gasteiger partial charge in [0.05, 0.1) is 12.7 Å². The molecule has 4 nitrogen and oxygen atoms in total. The molecule has 2 unspecified atom stereocenters. The number of fused-ring (bicyclic) bond motifs is 1. The second-order valence-electron chi connectivity index (χ2n) is 5.59. The molecule has 1 saturated carbocycles. The summed E-state index contributed by atoms with van der Waals surface area (Å²) in [5.41, 5.74) is 1.03. The van der Waals surface area contributed by atoms with Crippen molar-refractivity contribution in [1.82, 2.24) is 4.90 Å².